The zero-order chi connectivity index (χ0) is 15.9. The third kappa shape index (κ3) is 5.19. The van der Waals surface area contributed by atoms with Crippen LogP contribution in [0.4, 0.5) is 0 Å². The van der Waals surface area contributed by atoms with Crippen molar-refractivity contribution in [1.29, 1.82) is 0 Å². The predicted octanol–water partition coefficient (Wildman–Crippen LogP) is 2.98. The molecule has 0 heterocycles. The number of nitrogens with one attached hydrogen (secondary N) is 1. The van der Waals surface area contributed by atoms with E-state index in [1.165, 1.54) is 0 Å². The lowest BCUT2D eigenvalue weighted by molar-refractivity contribution is -0.122. The SMILES string of the molecule is CC(C)Oc1ccc([C@H](O)CNC(=O)C[C@@H]2C=CCC2)cc1. The quantitative estimate of drug-likeness (QED) is 0.761. The van der Waals surface area contributed by atoms with Gasteiger partial charge in [-0.1, -0.05) is 24.3 Å². The minimum Gasteiger partial charge on any atom is -0.491 e. The van der Waals surface area contributed by atoms with Crippen LogP contribution in [0, 0.1) is 5.92 Å². The monoisotopic (exact) mass is 303 g/mol. The summed E-state index contributed by atoms with van der Waals surface area (Å²) in [4.78, 5) is 11.8. The second-order valence-corrected chi connectivity index (χ2v) is 6.03. The van der Waals surface area contributed by atoms with Crippen molar-refractivity contribution in [3.8, 4) is 5.75 Å². The highest BCUT2D eigenvalue weighted by molar-refractivity contribution is 5.76. The molecule has 1 aliphatic carbocycles. The summed E-state index contributed by atoms with van der Waals surface area (Å²) in [5.41, 5.74) is 0.775. The van der Waals surface area contributed by atoms with Gasteiger partial charge in [-0.25, -0.2) is 0 Å². The fourth-order valence-corrected chi connectivity index (χ4v) is 2.54. The summed E-state index contributed by atoms with van der Waals surface area (Å²) < 4.78 is 5.56. The summed E-state index contributed by atoms with van der Waals surface area (Å²) in [7, 11) is 0. The van der Waals surface area contributed by atoms with Gasteiger partial charge < -0.3 is 15.2 Å². The number of aliphatic hydroxyl groups excluding tert-OH is 1. The Morgan fingerprint density at radius 2 is 2.09 bits per heavy atom. The highest BCUT2D eigenvalue weighted by Crippen LogP contribution is 2.21. The molecule has 1 amide bonds. The van der Waals surface area contributed by atoms with E-state index < -0.39 is 6.10 Å². The fraction of sp³-hybridized carbons (Fsp3) is 0.500. The summed E-state index contributed by atoms with van der Waals surface area (Å²) in [6.45, 7) is 4.18. The largest absolute Gasteiger partial charge is 0.491 e. The van der Waals surface area contributed by atoms with Gasteiger partial charge in [-0.05, 0) is 50.3 Å². The second-order valence-electron chi connectivity index (χ2n) is 6.03. The van der Waals surface area contributed by atoms with Crippen LogP contribution in [0.25, 0.3) is 0 Å². The number of hydrogen-bond acceptors (Lipinski definition) is 3. The van der Waals surface area contributed by atoms with E-state index in [-0.39, 0.29) is 18.6 Å². The topological polar surface area (TPSA) is 58.6 Å². The van der Waals surface area contributed by atoms with Gasteiger partial charge in [0.1, 0.15) is 5.75 Å². The molecule has 2 rings (SSSR count). The minimum atomic E-state index is -0.698. The first-order valence-electron chi connectivity index (χ1n) is 7.92. The maximum atomic E-state index is 11.8. The smallest absolute Gasteiger partial charge is 0.220 e. The predicted molar refractivity (Wildman–Crippen MR) is 86.7 cm³/mol. The Labute approximate surface area is 132 Å². The maximum Gasteiger partial charge on any atom is 0.220 e. The Morgan fingerprint density at radius 3 is 2.68 bits per heavy atom. The van der Waals surface area contributed by atoms with Gasteiger partial charge in [0.2, 0.25) is 5.91 Å². The van der Waals surface area contributed by atoms with Crippen molar-refractivity contribution < 1.29 is 14.6 Å². The molecule has 0 radical (unpaired) electrons. The number of carbonyl (C=O) groups is 1. The first kappa shape index (κ1) is 16.6. The number of aliphatic hydroxyl groups is 1. The number of rotatable bonds is 7. The third-order valence-electron chi connectivity index (χ3n) is 3.69. The van der Waals surface area contributed by atoms with Crippen LogP contribution in [-0.4, -0.2) is 23.7 Å². The van der Waals surface area contributed by atoms with E-state index in [1.807, 2.05) is 38.1 Å². The van der Waals surface area contributed by atoms with Gasteiger partial charge in [-0.15, -0.1) is 0 Å². The lowest BCUT2D eigenvalue weighted by Crippen LogP contribution is -2.29. The summed E-state index contributed by atoms with van der Waals surface area (Å²) in [6, 6.07) is 7.33. The van der Waals surface area contributed by atoms with E-state index in [0.29, 0.717) is 12.3 Å². The molecule has 0 aliphatic heterocycles. The Hall–Kier alpha value is -1.81. The fourth-order valence-electron chi connectivity index (χ4n) is 2.54. The Balaban J connectivity index is 1.77. The molecule has 1 aromatic rings. The van der Waals surface area contributed by atoms with Gasteiger partial charge in [0.15, 0.2) is 0 Å². The van der Waals surface area contributed by atoms with E-state index in [1.54, 1.807) is 0 Å². The zero-order valence-corrected chi connectivity index (χ0v) is 13.3. The molecule has 0 aromatic heterocycles. The van der Waals surface area contributed by atoms with Crippen LogP contribution in [0.5, 0.6) is 5.75 Å². The number of ether oxygens (including phenoxy) is 1. The van der Waals surface area contributed by atoms with Crippen LogP contribution < -0.4 is 10.1 Å². The molecular weight excluding hydrogens is 278 g/mol. The molecule has 22 heavy (non-hydrogen) atoms. The average molecular weight is 303 g/mol. The zero-order valence-electron chi connectivity index (χ0n) is 13.3. The van der Waals surface area contributed by atoms with Gasteiger partial charge in [-0.3, -0.25) is 4.79 Å². The molecule has 0 bridgehead atoms. The molecule has 2 N–H and O–H groups in total. The summed E-state index contributed by atoms with van der Waals surface area (Å²) in [6.07, 6.45) is 6.26. The first-order chi connectivity index (χ1) is 10.5. The molecule has 0 spiro atoms. The van der Waals surface area contributed by atoms with E-state index >= 15 is 0 Å². The van der Waals surface area contributed by atoms with Crippen LogP contribution >= 0.6 is 0 Å². The number of allylic oxidation sites excluding steroid dienone is 2. The van der Waals surface area contributed by atoms with E-state index in [0.717, 1.165) is 24.2 Å². The van der Waals surface area contributed by atoms with Crippen LogP contribution in [0.3, 0.4) is 0 Å². The summed E-state index contributed by atoms with van der Waals surface area (Å²) in [5.74, 6) is 1.13. The van der Waals surface area contributed by atoms with Gasteiger partial charge >= 0.3 is 0 Å². The third-order valence-corrected chi connectivity index (χ3v) is 3.69. The van der Waals surface area contributed by atoms with E-state index in [2.05, 4.69) is 17.5 Å². The number of benzene rings is 1. The molecule has 0 fully saturated rings. The van der Waals surface area contributed by atoms with Gasteiger partial charge in [0.05, 0.1) is 12.2 Å². The molecule has 0 saturated heterocycles. The van der Waals surface area contributed by atoms with Crippen molar-refractivity contribution in [2.24, 2.45) is 5.92 Å². The van der Waals surface area contributed by atoms with Crippen molar-refractivity contribution in [3.63, 3.8) is 0 Å². The Kier molecular flexibility index (Phi) is 6.01. The van der Waals surface area contributed by atoms with Crippen molar-refractivity contribution in [1.82, 2.24) is 5.32 Å². The average Bonchev–Trinajstić information content (AvgIpc) is 2.98. The van der Waals surface area contributed by atoms with Crippen molar-refractivity contribution in [2.75, 3.05) is 6.54 Å². The summed E-state index contributed by atoms with van der Waals surface area (Å²) in [5, 5.41) is 12.9. The standard InChI is InChI=1S/C18H25NO3/c1-13(2)22-16-9-7-15(8-10-16)17(20)12-19-18(21)11-14-5-3-4-6-14/h3,5,7-10,13-14,17,20H,4,6,11-12H2,1-2H3,(H,19,21)/t14-,17-/m1/s1. The lowest BCUT2D eigenvalue weighted by atomic mass is 10.0. The van der Waals surface area contributed by atoms with Crippen LogP contribution in [0.1, 0.15) is 44.8 Å². The van der Waals surface area contributed by atoms with Crippen LogP contribution in [0.2, 0.25) is 0 Å². The highest BCUT2D eigenvalue weighted by atomic mass is 16.5. The molecule has 0 unspecified atom stereocenters. The van der Waals surface area contributed by atoms with Crippen LogP contribution in [0.15, 0.2) is 36.4 Å². The molecule has 1 aromatic carbocycles. The second kappa shape index (κ2) is 7.99. The molecular formula is C18H25NO3. The van der Waals surface area contributed by atoms with Crippen molar-refractivity contribution in [2.45, 2.75) is 45.3 Å². The molecule has 4 heteroatoms. The molecule has 1 aliphatic rings. The Morgan fingerprint density at radius 1 is 1.36 bits per heavy atom. The number of carbonyl (C=O) groups excluding carboxylic acids is 1. The normalized spacial score (nSPS) is 18.5. The van der Waals surface area contributed by atoms with Crippen molar-refractivity contribution in [3.05, 3.63) is 42.0 Å². The molecule has 2 atom stereocenters. The lowest BCUT2D eigenvalue weighted by Gasteiger charge is -2.15. The highest BCUT2D eigenvalue weighted by Gasteiger charge is 2.15. The van der Waals surface area contributed by atoms with Crippen LogP contribution in [-0.2, 0) is 4.79 Å². The van der Waals surface area contributed by atoms with Gasteiger partial charge in [-0.2, -0.15) is 0 Å². The van der Waals surface area contributed by atoms with Crippen molar-refractivity contribution >= 4 is 5.91 Å². The molecule has 120 valence electrons. The van der Waals surface area contributed by atoms with Gasteiger partial charge in [0.25, 0.3) is 0 Å². The van der Waals surface area contributed by atoms with Gasteiger partial charge in [0, 0.05) is 13.0 Å². The Bertz CT molecular complexity index is 508. The summed E-state index contributed by atoms with van der Waals surface area (Å²) >= 11 is 0. The molecule has 0 saturated carbocycles. The first-order valence-corrected chi connectivity index (χ1v) is 7.92. The van der Waals surface area contributed by atoms with E-state index in [4.69, 9.17) is 4.74 Å². The minimum absolute atomic E-state index is 0.00430. The number of amides is 1. The maximum absolute atomic E-state index is 11.8. The number of hydrogen-bond donors (Lipinski definition) is 2. The molecule has 4 nitrogen and oxygen atoms in total. The van der Waals surface area contributed by atoms with E-state index in [9.17, 15) is 9.90 Å².